The van der Waals surface area contributed by atoms with Crippen molar-refractivity contribution < 1.29 is 9.90 Å². The number of likely N-dealkylation sites (N-methyl/N-ethyl adjacent to an activating group) is 1. The second-order valence-electron chi connectivity index (χ2n) is 5.42. The van der Waals surface area contributed by atoms with Gasteiger partial charge in [-0.25, -0.2) is 0 Å². The van der Waals surface area contributed by atoms with Crippen molar-refractivity contribution in [1.82, 2.24) is 9.80 Å². The summed E-state index contributed by atoms with van der Waals surface area (Å²) in [6, 6.07) is 0.162. The van der Waals surface area contributed by atoms with Crippen LogP contribution in [0.15, 0.2) is 0 Å². The number of hydrogen-bond acceptors (Lipinski definition) is 3. The molecule has 0 radical (unpaired) electrons. The maximum absolute atomic E-state index is 10.8. The molecule has 1 rings (SSSR count). The van der Waals surface area contributed by atoms with E-state index in [1.165, 1.54) is 0 Å². The average molecular weight is 228 g/mol. The molecule has 1 aliphatic heterocycles. The standard InChI is InChI=1S/C12H24N2O2/c1-5-6-14-9-12(2,3)13(4)8-10(14)7-11(15)16/h10H,5-9H2,1-4H3,(H,15,16). The van der Waals surface area contributed by atoms with E-state index >= 15 is 0 Å². The zero-order valence-corrected chi connectivity index (χ0v) is 10.9. The van der Waals surface area contributed by atoms with Gasteiger partial charge in [-0.3, -0.25) is 14.6 Å². The maximum atomic E-state index is 10.8. The molecular formula is C12H24N2O2. The van der Waals surface area contributed by atoms with Crippen molar-refractivity contribution in [3.05, 3.63) is 0 Å². The molecule has 0 bridgehead atoms. The highest BCUT2D eigenvalue weighted by Crippen LogP contribution is 2.24. The van der Waals surface area contributed by atoms with Crippen LogP contribution >= 0.6 is 0 Å². The van der Waals surface area contributed by atoms with Crippen molar-refractivity contribution >= 4 is 5.97 Å². The fourth-order valence-electron chi connectivity index (χ4n) is 2.37. The Morgan fingerprint density at radius 3 is 2.62 bits per heavy atom. The Morgan fingerprint density at radius 1 is 1.50 bits per heavy atom. The zero-order chi connectivity index (χ0) is 12.3. The second-order valence-corrected chi connectivity index (χ2v) is 5.42. The van der Waals surface area contributed by atoms with E-state index in [1.807, 2.05) is 0 Å². The highest BCUT2D eigenvalue weighted by molar-refractivity contribution is 5.67. The first-order chi connectivity index (χ1) is 7.36. The number of aliphatic carboxylic acids is 1. The molecule has 1 fully saturated rings. The first kappa shape index (κ1) is 13.5. The largest absolute Gasteiger partial charge is 0.481 e. The number of hydrogen-bond donors (Lipinski definition) is 1. The fourth-order valence-corrected chi connectivity index (χ4v) is 2.37. The minimum atomic E-state index is -0.695. The molecule has 0 amide bonds. The molecule has 0 spiro atoms. The van der Waals surface area contributed by atoms with Crippen LogP contribution in [0.25, 0.3) is 0 Å². The van der Waals surface area contributed by atoms with Crippen molar-refractivity contribution in [3.63, 3.8) is 0 Å². The van der Waals surface area contributed by atoms with Gasteiger partial charge in [0.1, 0.15) is 0 Å². The van der Waals surface area contributed by atoms with E-state index in [0.29, 0.717) is 0 Å². The molecule has 1 N–H and O–H groups in total. The molecule has 1 atom stereocenters. The van der Waals surface area contributed by atoms with Gasteiger partial charge in [0.05, 0.1) is 6.42 Å². The minimum absolute atomic E-state index is 0.143. The van der Waals surface area contributed by atoms with Gasteiger partial charge in [-0.1, -0.05) is 6.92 Å². The predicted octanol–water partition coefficient (Wildman–Crippen LogP) is 1.27. The summed E-state index contributed by atoms with van der Waals surface area (Å²) >= 11 is 0. The highest BCUT2D eigenvalue weighted by Gasteiger charge is 2.37. The van der Waals surface area contributed by atoms with Gasteiger partial charge in [0, 0.05) is 24.7 Å². The van der Waals surface area contributed by atoms with Crippen LogP contribution < -0.4 is 0 Å². The minimum Gasteiger partial charge on any atom is -0.481 e. The smallest absolute Gasteiger partial charge is 0.304 e. The highest BCUT2D eigenvalue weighted by atomic mass is 16.4. The number of carboxylic acids is 1. The average Bonchev–Trinajstić information content (AvgIpc) is 2.13. The third-order valence-corrected chi connectivity index (χ3v) is 3.55. The number of nitrogens with zero attached hydrogens (tertiary/aromatic N) is 2. The van der Waals surface area contributed by atoms with Gasteiger partial charge in [-0.05, 0) is 33.9 Å². The van der Waals surface area contributed by atoms with Crippen molar-refractivity contribution in [1.29, 1.82) is 0 Å². The number of carboxylic acid groups (broad SMARTS) is 1. The Labute approximate surface area is 98.2 Å². The van der Waals surface area contributed by atoms with Gasteiger partial charge >= 0.3 is 5.97 Å². The first-order valence-corrected chi connectivity index (χ1v) is 6.04. The molecular weight excluding hydrogens is 204 g/mol. The lowest BCUT2D eigenvalue weighted by Gasteiger charge is -2.49. The lowest BCUT2D eigenvalue weighted by atomic mass is 9.95. The molecule has 1 aliphatic rings. The predicted molar refractivity (Wildman–Crippen MR) is 64.6 cm³/mol. The van der Waals surface area contributed by atoms with Crippen LogP contribution in [0, 0.1) is 0 Å². The van der Waals surface area contributed by atoms with Gasteiger partial charge in [0.2, 0.25) is 0 Å². The summed E-state index contributed by atoms with van der Waals surface area (Å²) in [7, 11) is 2.08. The molecule has 1 unspecified atom stereocenters. The monoisotopic (exact) mass is 228 g/mol. The summed E-state index contributed by atoms with van der Waals surface area (Å²) in [6.45, 7) is 9.37. The van der Waals surface area contributed by atoms with E-state index in [1.54, 1.807) is 0 Å². The zero-order valence-electron chi connectivity index (χ0n) is 10.9. The topological polar surface area (TPSA) is 43.8 Å². The molecule has 94 valence electrons. The van der Waals surface area contributed by atoms with Crippen LogP contribution in [-0.4, -0.2) is 59.1 Å². The molecule has 0 aliphatic carbocycles. The van der Waals surface area contributed by atoms with E-state index in [0.717, 1.165) is 26.1 Å². The number of rotatable bonds is 4. The van der Waals surface area contributed by atoms with E-state index in [9.17, 15) is 4.79 Å². The Morgan fingerprint density at radius 2 is 2.12 bits per heavy atom. The van der Waals surface area contributed by atoms with Crippen LogP contribution in [0.2, 0.25) is 0 Å². The quantitative estimate of drug-likeness (QED) is 0.787. The molecule has 1 heterocycles. The van der Waals surface area contributed by atoms with Crippen LogP contribution in [0.3, 0.4) is 0 Å². The Kier molecular flexibility index (Phi) is 4.33. The number of piperazine rings is 1. The SMILES string of the molecule is CCCN1CC(C)(C)N(C)CC1CC(=O)O. The fraction of sp³-hybridized carbons (Fsp3) is 0.917. The normalized spacial score (nSPS) is 26.9. The van der Waals surface area contributed by atoms with Gasteiger partial charge in [0.25, 0.3) is 0 Å². The summed E-state index contributed by atoms with van der Waals surface area (Å²) < 4.78 is 0. The first-order valence-electron chi connectivity index (χ1n) is 6.04. The molecule has 16 heavy (non-hydrogen) atoms. The van der Waals surface area contributed by atoms with Crippen LogP contribution in [0.5, 0.6) is 0 Å². The van der Waals surface area contributed by atoms with E-state index in [4.69, 9.17) is 5.11 Å². The molecule has 0 aromatic rings. The number of carbonyl (C=O) groups is 1. The molecule has 4 heteroatoms. The van der Waals surface area contributed by atoms with Gasteiger partial charge in [-0.15, -0.1) is 0 Å². The summed E-state index contributed by atoms with van der Waals surface area (Å²) in [4.78, 5) is 15.4. The van der Waals surface area contributed by atoms with Crippen LogP contribution in [-0.2, 0) is 4.79 Å². The molecule has 1 saturated heterocycles. The summed E-state index contributed by atoms with van der Waals surface area (Å²) in [5.74, 6) is -0.695. The van der Waals surface area contributed by atoms with Gasteiger partial charge in [0.15, 0.2) is 0 Å². The Hall–Kier alpha value is -0.610. The lowest BCUT2D eigenvalue weighted by molar-refractivity contribution is -0.139. The Bertz CT molecular complexity index is 253. The molecule has 0 saturated carbocycles. The van der Waals surface area contributed by atoms with Crippen LogP contribution in [0.4, 0.5) is 0 Å². The van der Waals surface area contributed by atoms with Crippen molar-refractivity contribution in [2.24, 2.45) is 0 Å². The Balaban J connectivity index is 2.70. The second kappa shape index (κ2) is 5.15. The van der Waals surface area contributed by atoms with Gasteiger partial charge < -0.3 is 5.11 Å². The van der Waals surface area contributed by atoms with Crippen molar-refractivity contribution in [3.8, 4) is 0 Å². The van der Waals surface area contributed by atoms with Crippen molar-refractivity contribution in [2.45, 2.75) is 45.2 Å². The summed E-state index contributed by atoms with van der Waals surface area (Å²) in [6.07, 6.45) is 1.33. The molecule has 0 aromatic carbocycles. The summed E-state index contributed by atoms with van der Waals surface area (Å²) in [5.41, 5.74) is 0.143. The van der Waals surface area contributed by atoms with Crippen molar-refractivity contribution in [2.75, 3.05) is 26.7 Å². The van der Waals surface area contributed by atoms with Crippen LogP contribution in [0.1, 0.15) is 33.6 Å². The molecule has 4 nitrogen and oxygen atoms in total. The van der Waals surface area contributed by atoms with E-state index in [2.05, 4.69) is 37.6 Å². The van der Waals surface area contributed by atoms with E-state index < -0.39 is 5.97 Å². The maximum Gasteiger partial charge on any atom is 0.304 e. The summed E-state index contributed by atoms with van der Waals surface area (Å²) in [5, 5.41) is 8.92. The van der Waals surface area contributed by atoms with Gasteiger partial charge in [-0.2, -0.15) is 0 Å². The van der Waals surface area contributed by atoms with E-state index in [-0.39, 0.29) is 18.0 Å². The third-order valence-electron chi connectivity index (χ3n) is 3.55. The third kappa shape index (κ3) is 3.19. The molecule has 0 aromatic heterocycles. The lowest BCUT2D eigenvalue weighted by Crippen LogP contribution is -2.62.